The van der Waals surface area contributed by atoms with Crippen LogP contribution >= 0.6 is 0 Å². The first-order valence-corrected chi connectivity index (χ1v) is 12.1. The van der Waals surface area contributed by atoms with Gasteiger partial charge in [-0.2, -0.15) is 5.10 Å². The fraction of sp³-hybridized carbons (Fsp3) is 0.464. The highest BCUT2D eigenvalue weighted by Gasteiger charge is 2.24. The number of ether oxygens (including phenoxy) is 2. The van der Waals surface area contributed by atoms with Crippen LogP contribution in [-0.4, -0.2) is 51.7 Å². The highest BCUT2D eigenvalue weighted by molar-refractivity contribution is 5.43. The van der Waals surface area contributed by atoms with E-state index in [-0.39, 0.29) is 6.04 Å². The van der Waals surface area contributed by atoms with Gasteiger partial charge >= 0.3 is 0 Å². The first-order chi connectivity index (χ1) is 16.2. The molecule has 0 aliphatic carbocycles. The molecule has 3 rings (SSSR count). The Kier molecular flexibility index (Phi) is 9.28. The average molecular weight is 466 g/mol. The Morgan fingerprint density at radius 3 is 2.35 bits per heavy atom. The van der Waals surface area contributed by atoms with Crippen LogP contribution in [0.25, 0.3) is 5.69 Å². The van der Waals surface area contributed by atoms with Gasteiger partial charge in [0.1, 0.15) is 5.75 Å². The van der Waals surface area contributed by atoms with Crippen molar-refractivity contribution in [3.8, 4) is 17.3 Å². The van der Waals surface area contributed by atoms with Gasteiger partial charge in [-0.15, -0.1) is 0 Å². The fourth-order valence-electron chi connectivity index (χ4n) is 3.78. The van der Waals surface area contributed by atoms with Crippen molar-refractivity contribution in [2.45, 2.75) is 60.2 Å². The lowest BCUT2D eigenvalue weighted by Gasteiger charge is -2.29. The molecule has 0 radical (unpaired) electrons. The van der Waals surface area contributed by atoms with Crippen LogP contribution in [0.2, 0.25) is 0 Å². The lowest BCUT2D eigenvalue weighted by Crippen LogP contribution is -2.39. The molecule has 0 aliphatic heterocycles. The average Bonchev–Trinajstić information content (AvgIpc) is 3.08. The molecule has 0 saturated carbocycles. The van der Waals surface area contributed by atoms with Gasteiger partial charge in [0.25, 0.3) is 0 Å². The zero-order chi connectivity index (χ0) is 24.7. The van der Waals surface area contributed by atoms with Crippen LogP contribution in [0.3, 0.4) is 0 Å². The van der Waals surface area contributed by atoms with Crippen LogP contribution in [0.15, 0.2) is 54.6 Å². The summed E-state index contributed by atoms with van der Waals surface area (Å²) in [6.45, 7) is 14.7. The Morgan fingerprint density at radius 2 is 1.71 bits per heavy atom. The van der Waals surface area contributed by atoms with Crippen LogP contribution in [0.5, 0.6) is 11.6 Å². The summed E-state index contributed by atoms with van der Waals surface area (Å²) in [5.74, 6) is 1.92. The number of benzene rings is 2. The van der Waals surface area contributed by atoms with E-state index in [0.717, 1.165) is 28.3 Å². The van der Waals surface area contributed by atoms with Crippen molar-refractivity contribution in [2.75, 3.05) is 19.8 Å². The third-order valence-corrected chi connectivity index (χ3v) is 5.64. The number of aliphatic hydroxyl groups is 1. The predicted molar refractivity (Wildman–Crippen MR) is 137 cm³/mol. The molecule has 0 spiro atoms. The number of rotatable bonds is 12. The van der Waals surface area contributed by atoms with Crippen molar-refractivity contribution in [1.29, 1.82) is 0 Å². The molecule has 6 heteroatoms. The maximum absolute atomic E-state index is 10.6. The highest BCUT2D eigenvalue weighted by Crippen LogP contribution is 2.32. The number of aromatic nitrogens is 2. The van der Waals surface area contributed by atoms with Gasteiger partial charge in [0.2, 0.25) is 5.88 Å². The summed E-state index contributed by atoms with van der Waals surface area (Å²) in [6.07, 6.45) is -0.563. The highest BCUT2D eigenvalue weighted by atomic mass is 16.5. The molecule has 1 aromatic heterocycles. The van der Waals surface area contributed by atoms with Gasteiger partial charge < -0.3 is 14.6 Å². The number of para-hydroxylation sites is 1. The smallest absolute Gasteiger partial charge is 0.227 e. The van der Waals surface area contributed by atoms with Crippen LogP contribution in [0.4, 0.5) is 0 Å². The predicted octanol–water partition coefficient (Wildman–Crippen LogP) is 5.53. The van der Waals surface area contributed by atoms with E-state index in [1.165, 1.54) is 0 Å². The fourth-order valence-corrected chi connectivity index (χ4v) is 3.78. The minimum absolute atomic E-state index is 0.228. The van der Waals surface area contributed by atoms with Crippen LogP contribution in [0, 0.1) is 19.8 Å². The van der Waals surface area contributed by atoms with Crippen molar-refractivity contribution in [3.63, 3.8) is 0 Å². The summed E-state index contributed by atoms with van der Waals surface area (Å²) < 4.78 is 14.0. The van der Waals surface area contributed by atoms with Crippen molar-refractivity contribution >= 4 is 0 Å². The number of hydrogen-bond acceptors (Lipinski definition) is 5. The normalized spacial score (nSPS) is 12.6. The Balaban J connectivity index is 1.90. The van der Waals surface area contributed by atoms with Gasteiger partial charge in [0, 0.05) is 25.7 Å². The van der Waals surface area contributed by atoms with Crippen molar-refractivity contribution in [2.24, 2.45) is 5.92 Å². The molecule has 2 aromatic carbocycles. The number of aryl methyl sites for hydroxylation is 2. The van der Waals surface area contributed by atoms with Crippen molar-refractivity contribution < 1.29 is 14.6 Å². The van der Waals surface area contributed by atoms with Crippen LogP contribution in [0.1, 0.15) is 44.5 Å². The van der Waals surface area contributed by atoms with Gasteiger partial charge in [-0.3, -0.25) is 4.90 Å². The summed E-state index contributed by atoms with van der Waals surface area (Å²) in [7, 11) is 0. The quantitative estimate of drug-likeness (QED) is 0.381. The SMILES string of the molecule is Cc1cccc(Oc2c(CN(C[C@H](O)COCC(C)C)C(C)C)c(C)nn2-c2ccccc2)c1. The maximum atomic E-state index is 10.6. The van der Waals surface area contributed by atoms with E-state index in [1.807, 2.05) is 60.1 Å². The summed E-state index contributed by atoms with van der Waals surface area (Å²) in [5, 5.41) is 15.5. The monoisotopic (exact) mass is 465 g/mol. The van der Waals surface area contributed by atoms with E-state index in [1.54, 1.807) is 0 Å². The molecule has 184 valence electrons. The Bertz CT molecular complexity index is 1030. The maximum Gasteiger partial charge on any atom is 0.227 e. The van der Waals surface area contributed by atoms with E-state index in [2.05, 4.69) is 45.6 Å². The summed E-state index contributed by atoms with van der Waals surface area (Å²) >= 11 is 0. The summed E-state index contributed by atoms with van der Waals surface area (Å²) in [5.41, 5.74) is 3.99. The molecule has 6 nitrogen and oxygen atoms in total. The molecule has 34 heavy (non-hydrogen) atoms. The molecule has 1 heterocycles. The molecule has 0 amide bonds. The first kappa shape index (κ1) is 25.9. The zero-order valence-electron chi connectivity index (χ0n) is 21.4. The molecule has 0 saturated heterocycles. The Morgan fingerprint density at radius 1 is 0.971 bits per heavy atom. The number of nitrogens with zero attached hydrogens (tertiary/aromatic N) is 3. The zero-order valence-corrected chi connectivity index (χ0v) is 21.4. The lowest BCUT2D eigenvalue weighted by molar-refractivity contribution is 0.00161. The first-order valence-electron chi connectivity index (χ1n) is 12.1. The molecule has 0 unspecified atom stereocenters. The second kappa shape index (κ2) is 12.2. The van der Waals surface area contributed by atoms with E-state index in [9.17, 15) is 5.11 Å². The third-order valence-electron chi connectivity index (χ3n) is 5.64. The molecule has 3 aromatic rings. The topological polar surface area (TPSA) is 59.8 Å². The lowest BCUT2D eigenvalue weighted by atomic mass is 10.1. The van der Waals surface area contributed by atoms with E-state index in [0.29, 0.717) is 38.1 Å². The molecular weight excluding hydrogens is 426 g/mol. The second-order valence-corrected chi connectivity index (χ2v) is 9.64. The Hall–Kier alpha value is -2.67. The van der Waals surface area contributed by atoms with E-state index >= 15 is 0 Å². The minimum Gasteiger partial charge on any atom is -0.439 e. The Labute approximate surface area is 204 Å². The van der Waals surface area contributed by atoms with Gasteiger partial charge in [0.15, 0.2) is 0 Å². The largest absolute Gasteiger partial charge is 0.439 e. The summed E-state index contributed by atoms with van der Waals surface area (Å²) in [6, 6.07) is 18.3. The van der Waals surface area contributed by atoms with Gasteiger partial charge in [-0.05, 0) is 63.4 Å². The van der Waals surface area contributed by atoms with Crippen LogP contribution in [-0.2, 0) is 11.3 Å². The minimum atomic E-state index is -0.563. The van der Waals surface area contributed by atoms with Crippen molar-refractivity contribution in [3.05, 3.63) is 71.4 Å². The molecule has 1 atom stereocenters. The number of aliphatic hydroxyl groups excluding tert-OH is 1. The second-order valence-electron chi connectivity index (χ2n) is 9.64. The summed E-state index contributed by atoms with van der Waals surface area (Å²) in [4.78, 5) is 2.24. The standard InChI is InChI=1S/C28H39N3O3/c1-20(2)18-33-19-25(32)16-30(21(3)4)17-27-23(6)29-31(24-12-8-7-9-13-24)28(27)34-26-14-10-11-22(5)15-26/h7-15,20-21,25,32H,16-19H2,1-6H3/t25-/m0/s1. The number of hydrogen-bond donors (Lipinski definition) is 1. The van der Waals surface area contributed by atoms with E-state index in [4.69, 9.17) is 14.6 Å². The third kappa shape index (κ3) is 7.16. The molecule has 0 aliphatic rings. The van der Waals surface area contributed by atoms with Gasteiger partial charge in [-0.1, -0.05) is 44.2 Å². The molecule has 0 fully saturated rings. The molecular formula is C28H39N3O3. The van der Waals surface area contributed by atoms with Crippen molar-refractivity contribution in [1.82, 2.24) is 14.7 Å². The van der Waals surface area contributed by atoms with Crippen LogP contribution < -0.4 is 4.74 Å². The van der Waals surface area contributed by atoms with E-state index < -0.39 is 6.10 Å². The van der Waals surface area contributed by atoms with Gasteiger partial charge in [-0.25, -0.2) is 4.68 Å². The molecule has 0 bridgehead atoms. The van der Waals surface area contributed by atoms with Gasteiger partial charge in [0.05, 0.1) is 29.7 Å². The molecule has 1 N–H and O–H groups in total.